The Morgan fingerprint density at radius 1 is 1.25 bits per heavy atom. The van der Waals surface area contributed by atoms with Crippen LogP contribution in [0.2, 0.25) is 5.02 Å². The highest BCUT2D eigenvalue weighted by molar-refractivity contribution is 6.30. The minimum atomic E-state index is 0.00897. The zero-order chi connectivity index (χ0) is 17.1. The summed E-state index contributed by atoms with van der Waals surface area (Å²) in [5.41, 5.74) is 2.96. The highest BCUT2D eigenvalue weighted by Gasteiger charge is 2.23. The number of rotatable bonds is 4. The Morgan fingerprint density at radius 2 is 2.00 bits per heavy atom. The smallest absolute Gasteiger partial charge is 0.270 e. The van der Waals surface area contributed by atoms with Gasteiger partial charge in [0.25, 0.3) is 5.91 Å². The summed E-state index contributed by atoms with van der Waals surface area (Å²) in [6, 6.07) is 7.91. The number of carbonyl (C=O) groups excluding carboxylic acids is 1. The molecule has 1 aliphatic rings. The number of halogens is 1. The number of amides is 1. The lowest BCUT2D eigenvalue weighted by Gasteiger charge is -2.34. The molecule has 128 valence electrons. The van der Waals surface area contributed by atoms with Crippen LogP contribution in [0.3, 0.4) is 0 Å². The van der Waals surface area contributed by atoms with Crippen molar-refractivity contribution in [3.05, 3.63) is 52.3 Å². The molecule has 1 N–H and O–H groups in total. The van der Waals surface area contributed by atoms with Gasteiger partial charge in [-0.05, 0) is 19.1 Å². The fourth-order valence-electron chi connectivity index (χ4n) is 3.04. The molecule has 5 nitrogen and oxygen atoms in total. The maximum atomic E-state index is 12.4. The van der Waals surface area contributed by atoms with Crippen molar-refractivity contribution in [3.63, 3.8) is 0 Å². The Kier molecular flexibility index (Phi) is 5.11. The summed E-state index contributed by atoms with van der Waals surface area (Å²) in [5.74, 6) is 0.926. The largest absolute Gasteiger partial charge is 0.496 e. The van der Waals surface area contributed by atoms with Crippen LogP contribution in [-0.2, 0) is 6.54 Å². The van der Waals surface area contributed by atoms with Crippen molar-refractivity contribution in [2.24, 2.45) is 0 Å². The highest BCUT2D eigenvalue weighted by atomic mass is 35.5. The number of piperazine rings is 1. The van der Waals surface area contributed by atoms with E-state index >= 15 is 0 Å². The van der Waals surface area contributed by atoms with Crippen LogP contribution in [0.1, 0.15) is 21.6 Å². The van der Waals surface area contributed by atoms with Crippen molar-refractivity contribution in [1.82, 2.24) is 14.8 Å². The van der Waals surface area contributed by atoms with Crippen LogP contribution in [0, 0.1) is 6.92 Å². The normalized spacial score (nSPS) is 15.5. The molecule has 24 heavy (non-hydrogen) atoms. The summed E-state index contributed by atoms with van der Waals surface area (Å²) >= 11 is 5.88. The topological polar surface area (TPSA) is 48.6 Å². The number of benzene rings is 1. The molecule has 6 heteroatoms. The van der Waals surface area contributed by atoms with Gasteiger partial charge in [0.05, 0.1) is 12.1 Å². The van der Waals surface area contributed by atoms with E-state index in [-0.39, 0.29) is 5.91 Å². The zero-order valence-corrected chi connectivity index (χ0v) is 14.8. The van der Waals surface area contributed by atoms with Gasteiger partial charge in [-0.2, -0.15) is 0 Å². The first-order chi connectivity index (χ1) is 11.6. The van der Waals surface area contributed by atoms with E-state index in [4.69, 9.17) is 16.3 Å². The van der Waals surface area contributed by atoms with Crippen LogP contribution >= 0.6 is 11.6 Å². The molecular formula is C18H22ClN3O2. The molecule has 0 radical (unpaired) electrons. The van der Waals surface area contributed by atoms with Crippen LogP contribution < -0.4 is 4.74 Å². The van der Waals surface area contributed by atoms with Gasteiger partial charge < -0.3 is 14.6 Å². The second kappa shape index (κ2) is 7.28. The minimum absolute atomic E-state index is 0.00897. The summed E-state index contributed by atoms with van der Waals surface area (Å²) in [7, 11) is 1.70. The number of H-pyrrole nitrogens is 1. The molecule has 0 spiro atoms. The number of aromatic nitrogens is 1. The van der Waals surface area contributed by atoms with E-state index in [1.54, 1.807) is 19.4 Å². The van der Waals surface area contributed by atoms with Crippen LogP contribution in [-0.4, -0.2) is 54.0 Å². The zero-order valence-electron chi connectivity index (χ0n) is 14.0. The van der Waals surface area contributed by atoms with Crippen molar-refractivity contribution in [2.75, 3.05) is 33.3 Å². The molecule has 1 aliphatic heterocycles. The van der Waals surface area contributed by atoms with Gasteiger partial charge in [-0.25, -0.2) is 0 Å². The van der Waals surface area contributed by atoms with E-state index < -0.39 is 0 Å². The average molecular weight is 348 g/mol. The highest BCUT2D eigenvalue weighted by Crippen LogP contribution is 2.22. The number of hydrogen-bond donors (Lipinski definition) is 1. The average Bonchev–Trinajstić information content (AvgIpc) is 3.02. The third-order valence-corrected chi connectivity index (χ3v) is 4.59. The third kappa shape index (κ3) is 3.74. The van der Waals surface area contributed by atoms with Gasteiger partial charge >= 0.3 is 0 Å². The predicted octanol–water partition coefficient (Wildman–Crippen LogP) is 2.94. The van der Waals surface area contributed by atoms with Gasteiger partial charge in [-0.15, -0.1) is 0 Å². The Hall–Kier alpha value is -1.98. The lowest BCUT2D eigenvalue weighted by Crippen LogP contribution is -2.48. The van der Waals surface area contributed by atoms with Crippen molar-refractivity contribution in [3.8, 4) is 5.75 Å². The fourth-order valence-corrected chi connectivity index (χ4v) is 3.21. The lowest BCUT2D eigenvalue weighted by atomic mass is 10.1. The van der Waals surface area contributed by atoms with Gasteiger partial charge in [-0.1, -0.05) is 29.3 Å². The number of nitrogens with one attached hydrogen (secondary N) is 1. The van der Waals surface area contributed by atoms with Crippen LogP contribution in [0.15, 0.2) is 30.5 Å². The summed E-state index contributed by atoms with van der Waals surface area (Å²) in [4.78, 5) is 19.6. The van der Waals surface area contributed by atoms with Crippen LogP contribution in [0.5, 0.6) is 5.75 Å². The first kappa shape index (κ1) is 16.9. The third-order valence-electron chi connectivity index (χ3n) is 4.37. The van der Waals surface area contributed by atoms with E-state index in [0.717, 1.165) is 25.4 Å². The molecule has 1 amide bonds. The second-order valence-corrected chi connectivity index (χ2v) is 6.55. The Bertz CT molecular complexity index is 721. The first-order valence-electron chi connectivity index (χ1n) is 8.06. The molecule has 0 saturated carbocycles. The van der Waals surface area contributed by atoms with Crippen molar-refractivity contribution in [2.45, 2.75) is 13.5 Å². The molecule has 2 aromatic rings. The maximum absolute atomic E-state index is 12.4. The second-order valence-electron chi connectivity index (χ2n) is 6.12. The number of aryl methyl sites for hydroxylation is 1. The molecule has 1 aromatic carbocycles. The molecular weight excluding hydrogens is 326 g/mol. The number of hydrogen-bond acceptors (Lipinski definition) is 3. The summed E-state index contributed by atoms with van der Waals surface area (Å²) in [6.07, 6.45) is 1.63. The molecule has 3 rings (SSSR count). The quantitative estimate of drug-likeness (QED) is 0.925. The van der Waals surface area contributed by atoms with Gasteiger partial charge in [0.2, 0.25) is 0 Å². The molecule has 0 bridgehead atoms. The Morgan fingerprint density at radius 3 is 2.62 bits per heavy atom. The van der Waals surface area contributed by atoms with Crippen molar-refractivity contribution in [1.29, 1.82) is 0 Å². The molecule has 1 saturated heterocycles. The molecule has 0 atom stereocenters. The van der Waals surface area contributed by atoms with Crippen LogP contribution in [0.25, 0.3) is 0 Å². The molecule has 2 heterocycles. The summed E-state index contributed by atoms with van der Waals surface area (Å²) in [5, 5.41) is 0.559. The monoisotopic (exact) mass is 347 g/mol. The van der Waals surface area contributed by atoms with Crippen LogP contribution in [0.4, 0.5) is 0 Å². The summed E-state index contributed by atoms with van der Waals surface area (Å²) in [6.45, 7) is 6.03. The maximum Gasteiger partial charge on any atom is 0.270 e. The van der Waals surface area contributed by atoms with Gasteiger partial charge in [-0.3, -0.25) is 9.69 Å². The Labute approximate surface area is 147 Å². The van der Waals surface area contributed by atoms with Crippen molar-refractivity contribution >= 4 is 17.5 Å². The molecule has 0 unspecified atom stereocenters. The number of methoxy groups -OCH3 is 1. The number of nitrogens with zero attached hydrogens (tertiary/aromatic N) is 2. The predicted molar refractivity (Wildman–Crippen MR) is 94.7 cm³/mol. The van der Waals surface area contributed by atoms with E-state index in [1.807, 2.05) is 11.0 Å². The van der Waals surface area contributed by atoms with Crippen molar-refractivity contribution < 1.29 is 9.53 Å². The SMILES string of the molecule is COc1ccc(C)cc1CN1CCN(C(=O)c2cc(Cl)c[nH]2)CC1. The number of ether oxygens (including phenoxy) is 1. The molecule has 1 fully saturated rings. The molecule has 1 aromatic heterocycles. The van der Waals surface area contributed by atoms with Gasteiger partial charge in [0.15, 0.2) is 0 Å². The standard InChI is InChI=1S/C18H22ClN3O2/c1-13-3-4-17(24-2)14(9-13)12-21-5-7-22(8-6-21)18(23)16-10-15(19)11-20-16/h3-4,9-11,20H,5-8,12H2,1-2H3. The number of carbonyl (C=O) groups is 1. The molecule has 0 aliphatic carbocycles. The van der Waals surface area contributed by atoms with Gasteiger partial charge in [0.1, 0.15) is 11.4 Å². The van der Waals surface area contributed by atoms with E-state index in [1.165, 1.54) is 11.1 Å². The fraction of sp³-hybridized carbons (Fsp3) is 0.389. The number of aromatic amines is 1. The Balaban J connectivity index is 1.59. The van der Waals surface area contributed by atoms with E-state index in [2.05, 4.69) is 28.9 Å². The van der Waals surface area contributed by atoms with E-state index in [9.17, 15) is 4.79 Å². The van der Waals surface area contributed by atoms with E-state index in [0.29, 0.717) is 23.8 Å². The summed E-state index contributed by atoms with van der Waals surface area (Å²) < 4.78 is 5.45. The van der Waals surface area contributed by atoms with Gasteiger partial charge in [0, 0.05) is 44.5 Å². The minimum Gasteiger partial charge on any atom is -0.496 e. The lowest BCUT2D eigenvalue weighted by molar-refractivity contribution is 0.0622. The first-order valence-corrected chi connectivity index (χ1v) is 8.43.